The van der Waals surface area contributed by atoms with Gasteiger partial charge in [-0.05, 0) is 41.5 Å². The lowest BCUT2D eigenvalue weighted by Crippen LogP contribution is -2.53. The van der Waals surface area contributed by atoms with E-state index in [0.29, 0.717) is 11.6 Å². The van der Waals surface area contributed by atoms with E-state index in [1.165, 1.54) is 4.90 Å². The summed E-state index contributed by atoms with van der Waals surface area (Å²) in [4.78, 5) is 41.1. The van der Waals surface area contributed by atoms with Gasteiger partial charge in [0.2, 0.25) is 15.9 Å². The van der Waals surface area contributed by atoms with E-state index < -0.39 is 51.6 Å². The van der Waals surface area contributed by atoms with Crippen molar-refractivity contribution in [1.29, 1.82) is 0 Å². The van der Waals surface area contributed by atoms with E-state index in [9.17, 15) is 31.6 Å². The number of halogens is 2. The average Bonchev–Trinajstić information content (AvgIpc) is 3.13. The van der Waals surface area contributed by atoms with Gasteiger partial charge in [-0.15, -0.1) is 0 Å². The minimum absolute atomic E-state index is 0.00593. The lowest BCUT2D eigenvalue weighted by atomic mass is 9.88. The van der Waals surface area contributed by atoms with E-state index in [4.69, 9.17) is 0 Å². The molecule has 0 saturated carbocycles. The summed E-state index contributed by atoms with van der Waals surface area (Å²) in [6.07, 6.45) is 0. The molecule has 9 nitrogen and oxygen atoms in total. The normalized spacial score (nSPS) is 20.7. The van der Waals surface area contributed by atoms with Crippen molar-refractivity contribution in [3.8, 4) is 0 Å². The summed E-state index contributed by atoms with van der Waals surface area (Å²) >= 11 is 0. The topological polar surface area (TPSA) is 107 Å². The van der Waals surface area contributed by atoms with Crippen LogP contribution in [0, 0.1) is 11.6 Å². The van der Waals surface area contributed by atoms with Gasteiger partial charge in [0.15, 0.2) is 11.6 Å². The largest absolute Gasteiger partial charge is 0.338 e. The number of imide groups is 1. The molecule has 12 heteroatoms. The van der Waals surface area contributed by atoms with Gasteiger partial charge in [0, 0.05) is 26.2 Å². The molecule has 2 heterocycles. The van der Waals surface area contributed by atoms with E-state index in [-0.39, 0.29) is 31.1 Å². The molecule has 1 N–H and O–H groups in total. The minimum atomic E-state index is -4.09. The highest BCUT2D eigenvalue weighted by Gasteiger charge is 2.50. The van der Waals surface area contributed by atoms with Crippen molar-refractivity contribution in [3.05, 3.63) is 77.9 Å². The number of nitrogens with one attached hydrogen (secondary N) is 1. The SMILES string of the molecule is CC1(c2cccc3ccccc23)NC(=O)N(CC(=O)N2CCN(S(=O)(=O)c3ccc(F)c(F)c3)CC2)C1=O. The summed E-state index contributed by atoms with van der Waals surface area (Å²) < 4.78 is 53.5. The Morgan fingerprint density at radius 3 is 2.34 bits per heavy atom. The van der Waals surface area contributed by atoms with Gasteiger partial charge in [-0.1, -0.05) is 42.5 Å². The molecule has 0 spiro atoms. The molecule has 2 saturated heterocycles. The van der Waals surface area contributed by atoms with Crippen LogP contribution in [-0.2, 0) is 25.2 Å². The van der Waals surface area contributed by atoms with Gasteiger partial charge in [-0.3, -0.25) is 14.5 Å². The molecule has 2 fully saturated rings. The van der Waals surface area contributed by atoms with E-state index in [1.807, 2.05) is 30.3 Å². The number of hydrogen-bond acceptors (Lipinski definition) is 5. The molecule has 0 aliphatic carbocycles. The van der Waals surface area contributed by atoms with Crippen LogP contribution in [0.3, 0.4) is 0 Å². The van der Waals surface area contributed by atoms with Crippen molar-refractivity contribution in [2.75, 3.05) is 32.7 Å². The number of carbonyl (C=O) groups excluding carboxylic acids is 3. The summed E-state index contributed by atoms with van der Waals surface area (Å²) in [5.41, 5.74) is -0.755. The highest BCUT2D eigenvalue weighted by Crippen LogP contribution is 2.34. The van der Waals surface area contributed by atoms with Gasteiger partial charge >= 0.3 is 6.03 Å². The molecule has 3 aromatic rings. The van der Waals surface area contributed by atoms with Crippen molar-refractivity contribution >= 4 is 38.6 Å². The fourth-order valence-corrected chi connectivity index (χ4v) is 6.32. The first-order valence-electron chi connectivity index (χ1n) is 11.9. The molecule has 0 radical (unpaired) electrons. The fourth-order valence-electron chi connectivity index (χ4n) is 4.88. The van der Waals surface area contributed by atoms with Gasteiger partial charge < -0.3 is 10.2 Å². The van der Waals surface area contributed by atoms with Crippen LogP contribution < -0.4 is 5.32 Å². The Kier molecular flexibility index (Phi) is 6.40. The quantitative estimate of drug-likeness (QED) is 0.499. The Labute approximate surface area is 217 Å². The summed E-state index contributed by atoms with van der Waals surface area (Å²) in [5, 5.41) is 4.43. The molecule has 1 atom stereocenters. The van der Waals surface area contributed by atoms with Crippen molar-refractivity contribution in [3.63, 3.8) is 0 Å². The molecule has 1 unspecified atom stereocenters. The van der Waals surface area contributed by atoms with E-state index in [2.05, 4.69) is 5.32 Å². The van der Waals surface area contributed by atoms with Gasteiger partial charge in [-0.25, -0.2) is 22.0 Å². The third-order valence-electron chi connectivity index (χ3n) is 7.02. The Balaban J connectivity index is 1.27. The molecule has 4 amide bonds. The molecule has 198 valence electrons. The van der Waals surface area contributed by atoms with Crippen molar-refractivity contribution < 1.29 is 31.6 Å². The van der Waals surface area contributed by atoms with Crippen LogP contribution in [0.1, 0.15) is 12.5 Å². The van der Waals surface area contributed by atoms with Gasteiger partial charge in [0.1, 0.15) is 12.1 Å². The van der Waals surface area contributed by atoms with Crippen LogP contribution in [0.15, 0.2) is 65.6 Å². The second-order valence-electron chi connectivity index (χ2n) is 9.33. The van der Waals surface area contributed by atoms with Crippen molar-refractivity contribution in [2.24, 2.45) is 0 Å². The molecule has 2 aliphatic heterocycles. The number of urea groups is 1. The lowest BCUT2D eigenvalue weighted by molar-refractivity contribution is -0.139. The number of carbonyl (C=O) groups is 3. The average molecular weight is 543 g/mol. The van der Waals surface area contributed by atoms with Crippen molar-refractivity contribution in [1.82, 2.24) is 19.4 Å². The Bertz CT molecular complexity index is 1570. The maximum absolute atomic E-state index is 13.6. The first kappa shape index (κ1) is 25.7. The zero-order valence-electron chi connectivity index (χ0n) is 20.4. The molecule has 38 heavy (non-hydrogen) atoms. The molecule has 0 bridgehead atoms. The Morgan fingerprint density at radius 2 is 1.63 bits per heavy atom. The number of piperazine rings is 1. The van der Waals surface area contributed by atoms with Crippen LogP contribution in [0.2, 0.25) is 0 Å². The predicted octanol–water partition coefficient (Wildman–Crippen LogP) is 2.42. The highest BCUT2D eigenvalue weighted by atomic mass is 32.2. The van der Waals surface area contributed by atoms with Gasteiger partial charge in [0.05, 0.1) is 4.90 Å². The third kappa shape index (κ3) is 4.29. The van der Waals surface area contributed by atoms with E-state index >= 15 is 0 Å². The molecule has 5 rings (SSSR count). The standard InChI is InChI=1S/C26H24F2N4O5S/c1-26(20-8-4-6-17-5-2-3-7-19(17)20)24(34)32(25(35)29-26)16-23(33)30-11-13-31(14-12-30)38(36,37)18-9-10-21(27)22(28)15-18/h2-10,15H,11-14,16H2,1H3,(H,29,35). The predicted molar refractivity (Wildman–Crippen MR) is 133 cm³/mol. The molecule has 0 aromatic heterocycles. The number of hydrogen-bond donors (Lipinski definition) is 1. The van der Waals surface area contributed by atoms with Gasteiger partial charge in [-0.2, -0.15) is 4.31 Å². The number of amides is 4. The lowest BCUT2D eigenvalue weighted by Gasteiger charge is -2.34. The fraction of sp³-hybridized carbons (Fsp3) is 0.269. The first-order valence-corrected chi connectivity index (χ1v) is 13.3. The molecule has 3 aromatic carbocycles. The second-order valence-corrected chi connectivity index (χ2v) is 11.3. The molecule has 2 aliphatic rings. The van der Waals surface area contributed by atoms with Gasteiger partial charge in [0.25, 0.3) is 5.91 Å². The van der Waals surface area contributed by atoms with Crippen LogP contribution >= 0.6 is 0 Å². The summed E-state index contributed by atoms with van der Waals surface area (Å²) in [6, 6.07) is 14.6. The zero-order chi connectivity index (χ0) is 27.2. The molecular weight excluding hydrogens is 518 g/mol. The monoisotopic (exact) mass is 542 g/mol. The summed E-state index contributed by atoms with van der Waals surface area (Å²) in [7, 11) is -4.09. The van der Waals surface area contributed by atoms with Crippen LogP contribution in [0.5, 0.6) is 0 Å². The van der Waals surface area contributed by atoms with Crippen LogP contribution in [-0.4, -0.2) is 73.1 Å². The second kappa shape index (κ2) is 9.44. The summed E-state index contributed by atoms with van der Waals surface area (Å²) in [6.45, 7) is 0.947. The number of rotatable bonds is 5. The third-order valence-corrected chi connectivity index (χ3v) is 8.91. The Morgan fingerprint density at radius 1 is 0.947 bits per heavy atom. The number of nitrogens with zero attached hydrogens (tertiary/aromatic N) is 3. The maximum Gasteiger partial charge on any atom is 0.325 e. The molecular formula is C26H24F2N4O5S. The summed E-state index contributed by atoms with van der Waals surface area (Å²) in [5.74, 6) is -3.51. The minimum Gasteiger partial charge on any atom is -0.338 e. The van der Waals surface area contributed by atoms with Crippen LogP contribution in [0.4, 0.5) is 13.6 Å². The van der Waals surface area contributed by atoms with E-state index in [0.717, 1.165) is 32.1 Å². The number of sulfonamides is 1. The number of benzene rings is 3. The highest BCUT2D eigenvalue weighted by molar-refractivity contribution is 7.89. The van der Waals surface area contributed by atoms with Crippen molar-refractivity contribution in [2.45, 2.75) is 17.4 Å². The smallest absolute Gasteiger partial charge is 0.325 e. The maximum atomic E-state index is 13.6. The van der Waals surface area contributed by atoms with E-state index in [1.54, 1.807) is 19.1 Å². The van der Waals surface area contributed by atoms with Crippen LogP contribution in [0.25, 0.3) is 10.8 Å². The first-order chi connectivity index (χ1) is 18.0. The zero-order valence-corrected chi connectivity index (χ0v) is 21.2. The number of fused-ring (bicyclic) bond motifs is 1. The Hall–Kier alpha value is -3.90.